The second-order valence-corrected chi connectivity index (χ2v) is 8.22. The van der Waals surface area contributed by atoms with Crippen LogP contribution in [0, 0.1) is 17.5 Å². The highest BCUT2D eigenvalue weighted by molar-refractivity contribution is 7.99. The molecule has 0 aliphatic heterocycles. The summed E-state index contributed by atoms with van der Waals surface area (Å²) in [6.07, 6.45) is -0.476. The van der Waals surface area contributed by atoms with Gasteiger partial charge in [0.1, 0.15) is 0 Å². The zero-order valence-electron chi connectivity index (χ0n) is 18.4. The number of carbonyl (C=O) groups excluding carboxylic acids is 1. The van der Waals surface area contributed by atoms with Gasteiger partial charge in [0.2, 0.25) is 5.91 Å². The average molecular weight is 481 g/mol. The third kappa shape index (κ3) is 5.59. The van der Waals surface area contributed by atoms with Crippen molar-refractivity contribution in [2.45, 2.75) is 38.1 Å². The summed E-state index contributed by atoms with van der Waals surface area (Å²) < 4.78 is 53.4. The van der Waals surface area contributed by atoms with Gasteiger partial charge in [-0.2, -0.15) is 0 Å². The molecule has 176 valence electrons. The molecule has 1 N–H and O–H groups in total. The van der Waals surface area contributed by atoms with E-state index in [1.807, 2.05) is 37.5 Å². The number of thioether (sulfide) groups is 1. The normalized spacial score (nSPS) is 12.0. The predicted octanol–water partition coefficient (Wildman–Crippen LogP) is 5.16. The van der Waals surface area contributed by atoms with E-state index in [1.165, 1.54) is 0 Å². The Morgan fingerprint density at radius 1 is 1.06 bits per heavy atom. The Morgan fingerprint density at radius 2 is 1.76 bits per heavy atom. The Morgan fingerprint density at radius 3 is 2.42 bits per heavy atom. The summed E-state index contributed by atoms with van der Waals surface area (Å²) in [5.74, 6) is -3.51. The van der Waals surface area contributed by atoms with Gasteiger partial charge in [0.15, 0.2) is 46.0 Å². The lowest BCUT2D eigenvalue weighted by atomic mass is 10.3. The molecular weight excluding hydrogens is 457 g/mol. The molecule has 0 fully saturated rings. The Kier molecular flexibility index (Phi) is 7.85. The van der Waals surface area contributed by atoms with Crippen LogP contribution in [0.15, 0.2) is 41.6 Å². The van der Waals surface area contributed by atoms with Gasteiger partial charge in [-0.3, -0.25) is 4.79 Å². The third-order valence-electron chi connectivity index (χ3n) is 4.59. The topological polar surface area (TPSA) is 78.3 Å². The van der Waals surface area contributed by atoms with E-state index < -0.39 is 35.2 Å². The summed E-state index contributed by atoms with van der Waals surface area (Å²) >= 11 is 1.07. The molecule has 1 aromatic heterocycles. The highest BCUT2D eigenvalue weighted by Crippen LogP contribution is 2.32. The van der Waals surface area contributed by atoms with Crippen molar-refractivity contribution in [2.24, 2.45) is 0 Å². The first-order chi connectivity index (χ1) is 15.7. The van der Waals surface area contributed by atoms with Crippen molar-refractivity contribution in [3.63, 3.8) is 0 Å². The molecule has 1 amide bonds. The van der Waals surface area contributed by atoms with Crippen LogP contribution in [0.3, 0.4) is 0 Å². The molecule has 1 atom stereocenters. The molecule has 3 aromatic rings. The SMILES string of the molecule is COc1ccccc1OC(C)c1nnc(SCC(=O)Nc2ccc(F)c(F)c2F)n1C(C)C. The molecule has 0 saturated heterocycles. The van der Waals surface area contributed by atoms with E-state index >= 15 is 0 Å². The van der Waals surface area contributed by atoms with E-state index in [0.29, 0.717) is 22.5 Å². The monoisotopic (exact) mass is 480 g/mol. The Bertz CT molecular complexity index is 1140. The summed E-state index contributed by atoms with van der Waals surface area (Å²) in [6.45, 7) is 5.69. The Labute approximate surface area is 193 Å². The second kappa shape index (κ2) is 10.6. The number of benzene rings is 2. The number of anilines is 1. The zero-order chi connectivity index (χ0) is 24.1. The number of nitrogens with zero attached hydrogens (tertiary/aromatic N) is 3. The number of nitrogens with one attached hydrogen (secondary N) is 1. The molecule has 1 unspecified atom stereocenters. The van der Waals surface area contributed by atoms with Gasteiger partial charge < -0.3 is 19.4 Å². The molecular formula is C22H23F3N4O3S. The first-order valence-electron chi connectivity index (χ1n) is 10.0. The second-order valence-electron chi connectivity index (χ2n) is 7.28. The summed E-state index contributed by atoms with van der Waals surface area (Å²) in [4.78, 5) is 12.3. The fourth-order valence-corrected chi connectivity index (χ4v) is 3.92. The smallest absolute Gasteiger partial charge is 0.234 e. The highest BCUT2D eigenvalue weighted by atomic mass is 32.2. The van der Waals surface area contributed by atoms with Crippen molar-refractivity contribution in [1.29, 1.82) is 0 Å². The largest absolute Gasteiger partial charge is 0.493 e. The average Bonchev–Trinajstić information content (AvgIpc) is 3.23. The van der Waals surface area contributed by atoms with Crippen LogP contribution >= 0.6 is 11.8 Å². The maximum Gasteiger partial charge on any atom is 0.234 e. The molecule has 7 nitrogen and oxygen atoms in total. The van der Waals surface area contributed by atoms with Gasteiger partial charge in [-0.1, -0.05) is 23.9 Å². The van der Waals surface area contributed by atoms with Crippen LogP contribution in [0.4, 0.5) is 18.9 Å². The van der Waals surface area contributed by atoms with Gasteiger partial charge >= 0.3 is 0 Å². The van der Waals surface area contributed by atoms with Gasteiger partial charge in [-0.05, 0) is 45.0 Å². The number of carbonyl (C=O) groups is 1. The van der Waals surface area contributed by atoms with Crippen LogP contribution in [-0.4, -0.2) is 33.5 Å². The minimum Gasteiger partial charge on any atom is -0.493 e. The van der Waals surface area contributed by atoms with E-state index in [-0.39, 0.29) is 11.8 Å². The fourth-order valence-electron chi connectivity index (χ4n) is 3.05. The minimum absolute atomic E-state index is 0.0482. The van der Waals surface area contributed by atoms with Crippen LogP contribution < -0.4 is 14.8 Å². The number of ether oxygens (including phenoxy) is 2. The summed E-state index contributed by atoms with van der Waals surface area (Å²) in [7, 11) is 1.55. The van der Waals surface area contributed by atoms with E-state index in [9.17, 15) is 18.0 Å². The molecule has 0 saturated carbocycles. The molecule has 3 rings (SSSR count). The Balaban J connectivity index is 1.72. The number of methoxy groups -OCH3 is 1. The standard InChI is InChI=1S/C22H23F3N4O3S/c1-12(2)29-21(13(3)32-17-8-6-5-7-16(17)31-4)27-28-22(29)33-11-18(30)26-15-10-9-14(23)19(24)20(15)25/h5-10,12-13H,11H2,1-4H3,(H,26,30). The van der Waals surface area contributed by atoms with Gasteiger partial charge in [0, 0.05) is 6.04 Å². The van der Waals surface area contributed by atoms with Gasteiger partial charge in [-0.15, -0.1) is 10.2 Å². The molecule has 0 radical (unpaired) electrons. The van der Waals surface area contributed by atoms with E-state index in [4.69, 9.17) is 9.47 Å². The molecule has 33 heavy (non-hydrogen) atoms. The minimum atomic E-state index is -1.64. The molecule has 0 aliphatic carbocycles. The molecule has 1 heterocycles. The Hall–Kier alpha value is -3.21. The fraction of sp³-hybridized carbons (Fsp3) is 0.318. The summed E-state index contributed by atoms with van der Waals surface area (Å²) in [5.41, 5.74) is -0.440. The lowest BCUT2D eigenvalue weighted by molar-refractivity contribution is -0.113. The van der Waals surface area contributed by atoms with E-state index in [1.54, 1.807) is 19.2 Å². The number of para-hydroxylation sites is 2. The zero-order valence-corrected chi connectivity index (χ0v) is 19.3. The summed E-state index contributed by atoms with van der Waals surface area (Å²) in [5, 5.41) is 11.1. The van der Waals surface area contributed by atoms with Gasteiger partial charge in [0.05, 0.1) is 18.6 Å². The van der Waals surface area contributed by atoms with Crippen LogP contribution in [0.25, 0.3) is 0 Å². The van der Waals surface area contributed by atoms with Crippen molar-refractivity contribution in [1.82, 2.24) is 14.8 Å². The van der Waals surface area contributed by atoms with Crippen molar-refractivity contribution >= 4 is 23.4 Å². The molecule has 11 heteroatoms. The van der Waals surface area contributed by atoms with Gasteiger partial charge in [-0.25, -0.2) is 13.2 Å². The highest BCUT2D eigenvalue weighted by Gasteiger charge is 2.23. The first kappa shape index (κ1) is 24.4. The summed E-state index contributed by atoms with van der Waals surface area (Å²) in [6, 6.07) is 8.88. The number of rotatable bonds is 9. The molecule has 0 spiro atoms. The van der Waals surface area contributed by atoms with Crippen LogP contribution in [0.5, 0.6) is 11.5 Å². The quantitative estimate of drug-likeness (QED) is 0.337. The molecule has 0 aliphatic rings. The molecule has 2 aromatic carbocycles. The first-order valence-corrected chi connectivity index (χ1v) is 11.0. The third-order valence-corrected chi connectivity index (χ3v) is 5.53. The van der Waals surface area contributed by atoms with Crippen molar-refractivity contribution in [3.8, 4) is 11.5 Å². The molecule has 0 bridgehead atoms. The van der Waals surface area contributed by atoms with Crippen molar-refractivity contribution < 1.29 is 27.4 Å². The number of hydrogen-bond donors (Lipinski definition) is 1. The lowest BCUT2D eigenvalue weighted by Crippen LogP contribution is -2.17. The maximum atomic E-state index is 13.8. The maximum absolute atomic E-state index is 13.8. The van der Waals surface area contributed by atoms with Crippen molar-refractivity contribution in [2.75, 3.05) is 18.2 Å². The van der Waals surface area contributed by atoms with Crippen LogP contribution in [0.2, 0.25) is 0 Å². The number of aromatic nitrogens is 3. The van der Waals surface area contributed by atoms with E-state index in [0.717, 1.165) is 23.9 Å². The van der Waals surface area contributed by atoms with E-state index in [2.05, 4.69) is 15.5 Å². The number of amides is 1. The lowest BCUT2D eigenvalue weighted by Gasteiger charge is -2.19. The number of halogens is 3. The van der Waals surface area contributed by atoms with Gasteiger partial charge in [0.25, 0.3) is 0 Å². The van der Waals surface area contributed by atoms with Crippen molar-refractivity contribution in [3.05, 3.63) is 59.7 Å². The van der Waals surface area contributed by atoms with Crippen LogP contribution in [-0.2, 0) is 4.79 Å². The predicted molar refractivity (Wildman–Crippen MR) is 118 cm³/mol. The van der Waals surface area contributed by atoms with Crippen LogP contribution in [0.1, 0.15) is 38.7 Å². The number of hydrogen-bond acceptors (Lipinski definition) is 6.